The number of nitro benzene ring substituents is 1. The minimum absolute atomic E-state index is 0.0160. The van der Waals surface area contributed by atoms with Crippen molar-refractivity contribution in [2.75, 3.05) is 4.90 Å². The van der Waals surface area contributed by atoms with Gasteiger partial charge in [-0.05, 0) is 51.0 Å². The predicted molar refractivity (Wildman–Crippen MR) is 99.8 cm³/mol. The molecule has 7 heteroatoms. The number of nitro groups is 1. The minimum atomic E-state index is -0.971. The molecule has 0 radical (unpaired) electrons. The van der Waals surface area contributed by atoms with E-state index in [1.807, 2.05) is 31.2 Å². The van der Waals surface area contributed by atoms with E-state index >= 15 is 0 Å². The van der Waals surface area contributed by atoms with Crippen LogP contribution in [0.5, 0.6) is 0 Å². The zero-order valence-corrected chi connectivity index (χ0v) is 15.3. The first kappa shape index (κ1) is 18.6. The number of nitrogens with zero attached hydrogens (tertiary/aromatic N) is 2. The van der Waals surface area contributed by atoms with Gasteiger partial charge in [-0.1, -0.05) is 18.2 Å². The summed E-state index contributed by atoms with van der Waals surface area (Å²) in [6, 6.07) is 11.6. The Kier molecular flexibility index (Phi) is 4.94. The van der Waals surface area contributed by atoms with Gasteiger partial charge >= 0.3 is 5.97 Å². The number of esters is 1. The van der Waals surface area contributed by atoms with Crippen molar-refractivity contribution in [2.45, 2.75) is 39.3 Å². The van der Waals surface area contributed by atoms with E-state index in [2.05, 4.69) is 0 Å². The number of hydrogen-bond donors (Lipinski definition) is 0. The number of rotatable bonds is 4. The van der Waals surface area contributed by atoms with E-state index in [4.69, 9.17) is 4.74 Å². The summed E-state index contributed by atoms with van der Waals surface area (Å²) in [4.78, 5) is 37.3. The monoisotopic (exact) mass is 368 g/mol. The van der Waals surface area contributed by atoms with Crippen LogP contribution in [-0.4, -0.2) is 28.9 Å². The maximum absolute atomic E-state index is 12.9. The first-order valence-corrected chi connectivity index (χ1v) is 8.66. The van der Waals surface area contributed by atoms with Crippen LogP contribution in [0, 0.1) is 17.0 Å². The topological polar surface area (TPSA) is 89.8 Å². The van der Waals surface area contributed by atoms with E-state index in [-0.39, 0.29) is 23.2 Å². The first-order chi connectivity index (χ1) is 12.8. The van der Waals surface area contributed by atoms with Crippen molar-refractivity contribution in [3.63, 3.8) is 0 Å². The van der Waals surface area contributed by atoms with E-state index < -0.39 is 17.0 Å². The molecule has 0 saturated heterocycles. The minimum Gasteiger partial charge on any atom is -0.449 e. The van der Waals surface area contributed by atoms with Gasteiger partial charge in [-0.15, -0.1) is 0 Å². The molecule has 0 saturated carbocycles. The van der Waals surface area contributed by atoms with Gasteiger partial charge in [0.15, 0.2) is 6.10 Å². The van der Waals surface area contributed by atoms with Crippen LogP contribution < -0.4 is 4.90 Å². The van der Waals surface area contributed by atoms with Crippen molar-refractivity contribution in [3.05, 3.63) is 69.3 Å². The van der Waals surface area contributed by atoms with Gasteiger partial charge in [0.25, 0.3) is 11.6 Å². The predicted octanol–water partition coefficient (Wildman–Crippen LogP) is 3.43. The average Bonchev–Trinajstić information content (AvgIpc) is 2.96. The van der Waals surface area contributed by atoms with Crippen LogP contribution >= 0.6 is 0 Å². The number of benzene rings is 2. The Morgan fingerprint density at radius 2 is 1.96 bits per heavy atom. The van der Waals surface area contributed by atoms with Gasteiger partial charge in [0, 0.05) is 23.4 Å². The van der Waals surface area contributed by atoms with Crippen molar-refractivity contribution in [1.29, 1.82) is 0 Å². The SMILES string of the molecule is Cc1cc(C(=O)O[C@@H](C)C(=O)N2c3ccccc3C[C@@H]2C)ccc1[N+](=O)[O-]. The van der Waals surface area contributed by atoms with Crippen molar-refractivity contribution >= 4 is 23.3 Å². The Labute approximate surface area is 156 Å². The van der Waals surface area contributed by atoms with Crippen LogP contribution in [0.4, 0.5) is 11.4 Å². The maximum atomic E-state index is 12.9. The summed E-state index contributed by atoms with van der Waals surface area (Å²) in [5, 5.41) is 10.9. The fraction of sp³-hybridized carbons (Fsp3) is 0.300. The standard InChI is InChI=1S/C20H20N2O5/c1-12-10-16(8-9-17(12)22(25)26)20(24)27-14(3)19(23)21-13(2)11-15-6-4-5-7-18(15)21/h4-10,13-14H,11H2,1-3H3/t13-,14-/m0/s1. The van der Waals surface area contributed by atoms with Crippen LogP contribution in [0.25, 0.3) is 0 Å². The zero-order valence-electron chi connectivity index (χ0n) is 15.3. The van der Waals surface area contributed by atoms with Gasteiger partial charge in [0.2, 0.25) is 0 Å². The Bertz CT molecular complexity index is 924. The van der Waals surface area contributed by atoms with Crippen molar-refractivity contribution < 1.29 is 19.2 Å². The van der Waals surface area contributed by atoms with Gasteiger partial charge in [0.1, 0.15) is 0 Å². The third-order valence-corrected chi connectivity index (χ3v) is 4.71. The molecule has 27 heavy (non-hydrogen) atoms. The Balaban J connectivity index is 1.74. The number of para-hydroxylation sites is 1. The van der Waals surface area contributed by atoms with Crippen LogP contribution in [-0.2, 0) is 16.0 Å². The summed E-state index contributed by atoms with van der Waals surface area (Å²) >= 11 is 0. The van der Waals surface area contributed by atoms with Gasteiger partial charge in [-0.2, -0.15) is 0 Å². The summed E-state index contributed by atoms with van der Waals surface area (Å²) in [5.74, 6) is -0.978. The second-order valence-corrected chi connectivity index (χ2v) is 6.70. The molecule has 2 aromatic carbocycles. The summed E-state index contributed by atoms with van der Waals surface area (Å²) in [7, 11) is 0. The normalized spacial score (nSPS) is 16.6. The number of carbonyl (C=O) groups excluding carboxylic acids is 2. The van der Waals surface area contributed by atoms with E-state index in [9.17, 15) is 19.7 Å². The molecular weight excluding hydrogens is 348 g/mol. The lowest BCUT2D eigenvalue weighted by Gasteiger charge is -2.26. The number of fused-ring (bicyclic) bond motifs is 1. The highest BCUT2D eigenvalue weighted by Gasteiger charge is 2.34. The number of amides is 1. The lowest BCUT2D eigenvalue weighted by atomic mass is 10.1. The maximum Gasteiger partial charge on any atom is 0.338 e. The number of carbonyl (C=O) groups is 2. The average molecular weight is 368 g/mol. The Morgan fingerprint density at radius 1 is 1.26 bits per heavy atom. The molecule has 7 nitrogen and oxygen atoms in total. The molecule has 0 aliphatic carbocycles. The van der Waals surface area contributed by atoms with Crippen LogP contribution in [0.1, 0.15) is 35.3 Å². The number of aryl methyl sites for hydroxylation is 1. The lowest BCUT2D eigenvalue weighted by molar-refractivity contribution is -0.385. The third-order valence-electron chi connectivity index (χ3n) is 4.71. The summed E-state index contributed by atoms with van der Waals surface area (Å²) in [6.45, 7) is 5.03. The summed E-state index contributed by atoms with van der Waals surface area (Å²) in [6.07, 6.45) is -0.217. The molecule has 0 bridgehead atoms. The lowest BCUT2D eigenvalue weighted by Crippen LogP contribution is -2.43. The highest BCUT2D eigenvalue weighted by Crippen LogP contribution is 2.32. The molecule has 140 valence electrons. The van der Waals surface area contributed by atoms with Gasteiger partial charge < -0.3 is 9.64 Å². The molecule has 0 spiro atoms. The number of hydrogen-bond acceptors (Lipinski definition) is 5. The molecule has 1 heterocycles. The van der Waals surface area contributed by atoms with Gasteiger partial charge in [0.05, 0.1) is 10.5 Å². The molecule has 0 N–H and O–H groups in total. The molecule has 3 rings (SSSR count). The quantitative estimate of drug-likeness (QED) is 0.468. The van der Waals surface area contributed by atoms with E-state index in [1.165, 1.54) is 25.1 Å². The third kappa shape index (κ3) is 3.53. The highest BCUT2D eigenvalue weighted by molar-refractivity contribution is 6.01. The zero-order chi connectivity index (χ0) is 19.7. The molecule has 0 unspecified atom stereocenters. The van der Waals surface area contributed by atoms with Crippen molar-refractivity contribution in [2.24, 2.45) is 0 Å². The van der Waals surface area contributed by atoms with E-state index in [0.717, 1.165) is 17.7 Å². The second kappa shape index (κ2) is 7.19. The number of ether oxygens (including phenoxy) is 1. The fourth-order valence-electron chi connectivity index (χ4n) is 3.36. The molecule has 2 atom stereocenters. The largest absolute Gasteiger partial charge is 0.449 e. The number of anilines is 1. The van der Waals surface area contributed by atoms with Gasteiger partial charge in [-0.3, -0.25) is 14.9 Å². The molecule has 1 aliphatic rings. The van der Waals surface area contributed by atoms with Gasteiger partial charge in [-0.25, -0.2) is 4.79 Å². The highest BCUT2D eigenvalue weighted by atomic mass is 16.6. The molecule has 1 amide bonds. The molecule has 1 aliphatic heterocycles. The smallest absolute Gasteiger partial charge is 0.338 e. The van der Waals surface area contributed by atoms with E-state index in [0.29, 0.717) is 5.56 Å². The molecule has 2 aromatic rings. The Morgan fingerprint density at radius 3 is 2.63 bits per heavy atom. The first-order valence-electron chi connectivity index (χ1n) is 8.66. The van der Waals surface area contributed by atoms with Crippen LogP contribution in [0.2, 0.25) is 0 Å². The van der Waals surface area contributed by atoms with E-state index in [1.54, 1.807) is 11.8 Å². The van der Waals surface area contributed by atoms with Crippen LogP contribution in [0.3, 0.4) is 0 Å². The second-order valence-electron chi connectivity index (χ2n) is 6.70. The molecular formula is C20H20N2O5. The summed E-state index contributed by atoms with van der Waals surface area (Å²) < 4.78 is 5.33. The summed E-state index contributed by atoms with van der Waals surface area (Å²) in [5.41, 5.74) is 2.38. The fourth-order valence-corrected chi connectivity index (χ4v) is 3.36. The van der Waals surface area contributed by atoms with Crippen molar-refractivity contribution in [3.8, 4) is 0 Å². The molecule has 0 aromatic heterocycles. The molecule has 0 fully saturated rings. The van der Waals surface area contributed by atoms with Crippen molar-refractivity contribution in [1.82, 2.24) is 0 Å². The Hall–Kier alpha value is -3.22. The van der Waals surface area contributed by atoms with Crippen LogP contribution in [0.15, 0.2) is 42.5 Å².